The predicted molar refractivity (Wildman–Crippen MR) is 92.9 cm³/mol. The van der Waals surface area contributed by atoms with E-state index >= 15 is 0 Å². The normalized spacial score (nSPS) is 12.4. The highest BCUT2D eigenvalue weighted by molar-refractivity contribution is 7.10. The molecule has 0 radical (unpaired) electrons. The first kappa shape index (κ1) is 15.0. The third-order valence-electron chi connectivity index (χ3n) is 4.20. The van der Waals surface area contributed by atoms with Crippen LogP contribution in [0.25, 0.3) is 11.3 Å². The topological polar surface area (TPSA) is 64.4 Å². The van der Waals surface area contributed by atoms with Gasteiger partial charge in [0.05, 0.1) is 12.8 Å². The summed E-state index contributed by atoms with van der Waals surface area (Å²) in [4.78, 5) is 14.0. The fourth-order valence-electron chi connectivity index (χ4n) is 3.01. The third-order valence-corrected chi connectivity index (χ3v) is 5.18. The predicted octanol–water partition coefficient (Wildman–Crippen LogP) is 4.07. The SMILES string of the molecule is COc1ccc(C)cc1NC(=O)c1noc2c1CCc1sccc1-2. The van der Waals surface area contributed by atoms with Gasteiger partial charge in [0.15, 0.2) is 11.5 Å². The molecule has 0 saturated heterocycles. The Bertz CT molecular complexity index is 926. The number of nitrogens with zero attached hydrogens (tertiary/aromatic N) is 1. The van der Waals surface area contributed by atoms with Gasteiger partial charge in [-0.2, -0.15) is 0 Å². The number of aryl methyl sites for hydroxylation is 2. The third kappa shape index (κ3) is 2.39. The summed E-state index contributed by atoms with van der Waals surface area (Å²) in [5.74, 6) is 1.06. The molecule has 2 aromatic heterocycles. The molecule has 0 spiro atoms. The molecule has 0 saturated carbocycles. The summed E-state index contributed by atoms with van der Waals surface area (Å²) in [5, 5.41) is 8.96. The largest absolute Gasteiger partial charge is 0.495 e. The summed E-state index contributed by atoms with van der Waals surface area (Å²) < 4.78 is 10.8. The van der Waals surface area contributed by atoms with E-state index in [4.69, 9.17) is 9.26 Å². The average Bonchev–Trinajstić information content (AvgIpc) is 3.21. The van der Waals surface area contributed by atoms with E-state index in [0.29, 0.717) is 17.1 Å². The van der Waals surface area contributed by atoms with Crippen LogP contribution in [0.5, 0.6) is 5.75 Å². The molecule has 1 aliphatic carbocycles. The minimum Gasteiger partial charge on any atom is -0.495 e. The van der Waals surface area contributed by atoms with Crippen LogP contribution in [0.4, 0.5) is 5.69 Å². The summed E-state index contributed by atoms with van der Waals surface area (Å²) in [6.07, 6.45) is 1.68. The molecule has 6 heteroatoms. The second-order valence-corrected chi connectivity index (χ2v) is 6.75. The maximum absolute atomic E-state index is 12.7. The van der Waals surface area contributed by atoms with Crippen molar-refractivity contribution >= 4 is 22.9 Å². The van der Waals surface area contributed by atoms with E-state index < -0.39 is 0 Å². The fraction of sp³-hybridized carbons (Fsp3) is 0.222. The first-order valence-corrected chi connectivity index (χ1v) is 8.56. The second kappa shape index (κ2) is 5.79. The Hall–Kier alpha value is -2.60. The molecule has 2 heterocycles. The lowest BCUT2D eigenvalue weighted by Gasteiger charge is -2.12. The lowest BCUT2D eigenvalue weighted by Crippen LogP contribution is -2.16. The molecule has 0 fully saturated rings. The van der Waals surface area contributed by atoms with Crippen LogP contribution in [0.1, 0.15) is 26.5 Å². The molecule has 1 N–H and O–H groups in total. The number of carbonyl (C=O) groups excluding carboxylic acids is 1. The van der Waals surface area contributed by atoms with Crippen LogP contribution in [0.2, 0.25) is 0 Å². The lowest BCUT2D eigenvalue weighted by atomic mass is 9.95. The number of amides is 1. The number of carbonyl (C=O) groups is 1. The number of hydrogen-bond donors (Lipinski definition) is 1. The van der Waals surface area contributed by atoms with Crippen molar-refractivity contribution in [1.29, 1.82) is 0 Å². The second-order valence-electron chi connectivity index (χ2n) is 5.75. The molecule has 122 valence electrons. The van der Waals surface area contributed by atoms with Crippen LogP contribution in [-0.4, -0.2) is 18.2 Å². The Balaban J connectivity index is 1.67. The minimum atomic E-state index is -0.275. The number of rotatable bonds is 3. The van der Waals surface area contributed by atoms with E-state index in [0.717, 1.165) is 35.3 Å². The highest BCUT2D eigenvalue weighted by Gasteiger charge is 2.28. The highest BCUT2D eigenvalue weighted by atomic mass is 32.1. The number of thiophene rings is 1. The van der Waals surface area contributed by atoms with Crippen molar-refractivity contribution in [3.63, 3.8) is 0 Å². The van der Waals surface area contributed by atoms with Crippen molar-refractivity contribution in [2.45, 2.75) is 19.8 Å². The van der Waals surface area contributed by atoms with E-state index in [1.54, 1.807) is 18.4 Å². The maximum atomic E-state index is 12.7. The lowest BCUT2D eigenvalue weighted by molar-refractivity contribution is 0.101. The summed E-state index contributed by atoms with van der Waals surface area (Å²) >= 11 is 1.71. The van der Waals surface area contributed by atoms with Crippen LogP contribution < -0.4 is 10.1 Å². The molecule has 0 bridgehead atoms. The number of hydrogen-bond acceptors (Lipinski definition) is 5. The Morgan fingerprint density at radius 2 is 2.21 bits per heavy atom. The number of fused-ring (bicyclic) bond motifs is 3. The summed E-state index contributed by atoms with van der Waals surface area (Å²) in [5.41, 5.74) is 3.96. The van der Waals surface area contributed by atoms with Crippen LogP contribution in [0, 0.1) is 6.92 Å². The molecule has 3 aromatic rings. The standard InChI is InChI=1S/C18H16N2O3S/c1-10-3-5-14(22-2)13(9-10)19-18(21)16-12-4-6-15-11(7-8-24-15)17(12)23-20-16/h3,5,7-9H,4,6H2,1-2H3,(H,19,21). The van der Waals surface area contributed by atoms with Gasteiger partial charge in [-0.05, 0) is 48.9 Å². The van der Waals surface area contributed by atoms with Crippen molar-refractivity contribution in [1.82, 2.24) is 5.16 Å². The van der Waals surface area contributed by atoms with Crippen LogP contribution in [-0.2, 0) is 12.8 Å². The number of methoxy groups -OCH3 is 1. The monoisotopic (exact) mass is 340 g/mol. The molecule has 0 unspecified atom stereocenters. The first-order chi connectivity index (χ1) is 11.7. The molecule has 1 amide bonds. The molecule has 4 rings (SSSR count). The average molecular weight is 340 g/mol. The van der Waals surface area contributed by atoms with Crippen LogP contribution >= 0.6 is 11.3 Å². The van der Waals surface area contributed by atoms with E-state index in [-0.39, 0.29) is 5.91 Å². The van der Waals surface area contributed by atoms with Gasteiger partial charge < -0.3 is 14.6 Å². The molecular weight excluding hydrogens is 324 g/mol. The summed E-state index contributed by atoms with van der Waals surface area (Å²) in [6, 6.07) is 7.67. The van der Waals surface area contributed by atoms with Gasteiger partial charge in [0.2, 0.25) is 0 Å². The number of nitrogens with one attached hydrogen (secondary N) is 1. The highest BCUT2D eigenvalue weighted by Crippen LogP contribution is 2.38. The molecule has 1 aliphatic rings. The van der Waals surface area contributed by atoms with E-state index in [9.17, 15) is 4.79 Å². The van der Waals surface area contributed by atoms with E-state index in [1.165, 1.54) is 4.88 Å². The quantitative estimate of drug-likeness (QED) is 0.780. The summed E-state index contributed by atoms with van der Waals surface area (Å²) in [6.45, 7) is 1.96. The van der Waals surface area contributed by atoms with Gasteiger partial charge in [0.25, 0.3) is 5.91 Å². The molecule has 24 heavy (non-hydrogen) atoms. The number of benzene rings is 1. The van der Waals surface area contributed by atoms with Crippen LogP contribution in [0.15, 0.2) is 34.2 Å². The zero-order valence-electron chi connectivity index (χ0n) is 13.4. The Labute approximate surface area is 143 Å². The number of ether oxygens (including phenoxy) is 1. The minimum absolute atomic E-state index is 0.275. The fourth-order valence-corrected chi connectivity index (χ4v) is 3.88. The van der Waals surface area contributed by atoms with Crippen molar-refractivity contribution < 1.29 is 14.1 Å². The van der Waals surface area contributed by atoms with Gasteiger partial charge in [-0.25, -0.2) is 0 Å². The zero-order chi connectivity index (χ0) is 16.7. The maximum Gasteiger partial charge on any atom is 0.278 e. The van der Waals surface area contributed by atoms with Crippen molar-refractivity contribution in [3.05, 3.63) is 51.3 Å². The summed E-state index contributed by atoms with van der Waals surface area (Å²) in [7, 11) is 1.58. The van der Waals surface area contributed by atoms with Crippen molar-refractivity contribution in [2.75, 3.05) is 12.4 Å². The first-order valence-electron chi connectivity index (χ1n) is 7.68. The Kier molecular flexibility index (Phi) is 3.61. The van der Waals surface area contributed by atoms with Crippen LogP contribution in [0.3, 0.4) is 0 Å². The van der Waals surface area contributed by atoms with E-state index in [1.807, 2.05) is 36.6 Å². The number of aromatic nitrogens is 1. The van der Waals surface area contributed by atoms with Gasteiger partial charge in [0.1, 0.15) is 5.75 Å². The zero-order valence-corrected chi connectivity index (χ0v) is 14.2. The Morgan fingerprint density at radius 3 is 3.04 bits per heavy atom. The molecular formula is C18H16N2O3S. The van der Waals surface area contributed by atoms with Crippen molar-refractivity contribution in [2.24, 2.45) is 0 Å². The molecule has 1 aromatic carbocycles. The van der Waals surface area contributed by atoms with Gasteiger partial charge in [0, 0.05) is 16.0 Å². The van der Waals surface area contributed by atoms with Gasteiger partial charge >= 0.3 is 0 Å². The van der Waals surface area contributed by atoms with Gasteiger partial charge in [-0.3, -0.25) is 4.79 Å². The smallest absolute Gasteiger partial charge is 0.278 e. The Morgan fingerprint density at radius 1 is 1.33 bits per heavy atom. The molecule has 0 aliphatic heterocycles. The molecule has 5 nitrogen and oxygen atoms in total. The van der Waals surface area contributed by atoms with Crippen molar-refractivity contribution in [3.8, 4) is 17.1 Å². The van der Waals surface area contributed by atoms with Gasteiger partial charge in [-0.1, -0.05) is 11.2 Å². The number of anilines is 1. The van der Waals surface area contributed by atoms with E-state index in [2.05, 4.69) is 10.5 Å². The van der Waals surface area contributed by atoms with Gasteiger partial charge in [-0.15, -0.1) is 11.3 Å². The molecule has 0 atom stereocenters.